The zero-order chi connectivity index (χ0) is 16.5. The van der Waals surface area contributed by atoms with Gasteiger partial charge >= 0.3 is 5.97 Å². The van der Waals surface area contributed by atoms with Gasteiger partial charge in [-0.05, 0) is 39.5 Å². The van der Waals surface area contributed by atoms with E-state index in [2.05, 4.69) is 32.7 Å². The molecule has 0 aliphatic carbocycles. The number of thiophene rings is 1. The maximum atomic E-state index is 11.8. The Morgan fingerprint density at radius 3 is 2.78 bits per heavy atom. The van der Waals surface area contributed by atoms with Crippen molar-refractivity contribution in [2.75, 3.05) is 18.9 Å². The smallest absolute Gasteiger partial charge is 0.339 e. The number of hydrogen-bond donors (Lipinski definition) is 1. The van der Waals surface area contributed by atoms with Gasteiger partial charge in [0.05, 0.1) is 5.56 Å². The van der Waals surface area contributed by atoms with Gasteiger partial charge in [-0.25, -0.2) is 4.79 Å². The van der Waals surface area contributed by atoms with E-state index in [1.807, 2.05) is 6.07 Å². The highest BCUT2D eigenvalue weighted by Gasteiger charge is 2.12. The summed E-state index contributed by atoms with van der Waals surface area (Å²) in [7, 11) is 0. The number of rotatable bonds is 8. The molecule has 0 aliphatic heterocycles. The van der Waals surface area contributed by atoms with E-state index in [1.165, 1.54) is 4.88 Å². The summed E-state index contributed by atoms with van der Waals surface area (Å²) in [6.07, 6.45) is 0. The Balaban J connectivity index is 1.60. The molecule has 1 amide bonds. The van der Waals surface area contributed by atoms with Crippen molar-refractivity contribution in [2.24, 2.45) is 0 Å². The third-order valence-corrected chi connectivity index (χ3v) is 5.58. The fraction of sp³-hybridized carbons (Fsp3) is 0.250. The summed E-state index contributed by atoms with van der Waals surface area (Å²) >= 11 is 6.76. The second kappa shape index (κ2) is 9.75. The largest absolute Gasteiger partial charge is 0.452 e. The number of nitrogens with one attached hydrogen (secondary N) is 1. The normalized spacial score (nSPS) is 10.3. The lowest BCUT2D eigenvalue weighted by Gasteiger charge is -2.07. The predicted octanol–water partition coefficient (Wildman–Crippen LogP) is 3.72. The van der Waals surface area contributed by atoms with E-state index >= 15 is 0 Å². The van der Waals surface area contributed by atoms with Crippen LogP contribution >= 0.6 is 39.0 Å². The van der Waals surface area contributed by atoms with Crippen LogP contribution in [0.25, 0.3) is 0 Å². The highest BCUT2D eigenvalue weighted by molar-refractivity contribution is 9.10. The molecule has 4 nitrogen and oxygen atoms in total. The molecule has 2 aromatic rings. The molecule has 2 rings (SSSR count). The summed E-state index contributed by atoms with van der Waals surface area (Å²) in [5.41, 5.74) is 0.409. The SMILES string of the molecule is O=C(COC(=O)c1ccccc1Br)NCCSCc1cccs1. The van der Waals surface area contributed by atoms with Crippen LogP contribution in [-0.4, -0.2) is 30.8 Å². The predicted molar refractivity (Wildman–Crippen MR) is 97.9 cm³/mol. The van der Waals surface area contributed by atoms with Crippen molar-refractivity contribution >= 4 is 50.9 Å². The van der Waals surface area contributed by atoms with Crippen LogP contribution in [0, 0.1) is 0 Å². The molecule has 0 saturated carbocycles. The van der Waals surface area contributed by atoms with Gasteiger partial charge in [0.25, 0.3) is 5.91 Å². The molecule has 23 heavy (non-hydrogen) atoms. The van der Waals surface area contributed by atoms with Gasteiger partial charge in [-0.3, -0.25) is 4.79 Å². The molecule has 0 radical (unpaired) electrons. The number of thioether (sulfide) groups is 1. The van der Waals surface area contributed by atoms with E-state index in [0.717, 1.165) is 11.5 Å². The summed E-state index contributed by atoms with van der Waals surface area (Å²) in [4.78, 5) is 24.8. The first-order valence-electron chi connectivity index (χ1n) is 6.95. The number of ether oxygens (including phenoxy) is 1. The lowest BCUT2D eigenvalue weighted by Crippen LogP contribution is -2.30. The van der Waals surface area contributed by atoms with Crippen LogP contribution in [0.1, 0.15) is 15.2 Å². The van der Waals surface area contributed by atoms with Gasteiger partial charge in [-0.1, -0.05) is 18.2 Å². The lowest BCUT2D eigenvalue weighted by molar-refractivity contribution is -0.124. The first-order valence-corrected chi connectivity index (χ1v) is 9.78. The van der Waals surface area contributed by atoms with Crippen LogP contribution in [0.5, 0.6) is 0 Å². The van der Waals surface area contributed by atoms with Gasteiger partial charge in [-0.2, -0.15) is 11.8 Å². The van der Waals surface area contributed by atoms with Crippen LogP contribution in [0.15, 0.2) is 46.3 Å². The molecule has 0 spiro atoms. The van der Waals surface area contributed by atoms with Crippen LogP contribution in [0.2, 0.25) is 0 Å². The number of amides is 1. The first-order chi connectivity index (χ1) is 11.2. The summed E-state index contributed by atoms with van der Waals surface area (Å²) in [5, 5.41) is 4.79. The molecule has 1 N–H and O–H groups in total. The molecule has 0 aliphatic rings. The summed E-state index contributed by atoms with van der Waals surface area (Å²) in [6, 6.07) is 11.1. The van der Waals surface area contributed by atoms with Gasteiger partial charge in [0.2, 0.25) is 0 Å². The second-order valence-electron chi connectivity index (χ2n) is 4.54. The fourth-order valence-electron chi connectivity index (χ4n) is 1.72. The average Bonchev–Trinajstić information content (AvgIpc) is 3.06. The molecule has 0 atom stereocenters. The van der Waals surface area contributed by atoms with E-state index in [0.29, 0.717) is 16.6 Å². The molecular weight excluding hydrogens is 398 g/mol. The summed E-state index contributed by atoms with van der Waals surface area (Å²) < 4.78 is 5.65. The van der Waals surface area contributed by atoms with E-state index in [-0.39, 0.29) is 12.5 Å². The Bertz CT molecular complexity index is 647. The van der Waals surface area contributed by atoms with Gasteiger partial charge < -0.3 is 10.1 Å². The fourth-order valence-corrected chi connectivity index (χ4v) is 3.86. The standard InChI is InChI=1S/C16H16BrNO3S2/c17-14-6-2-1-5-13(14)16(20)21-10-15(19)18-7-9-22-11-12-4-3-8-23-12/h1-6,8H,7,9-11H2,(H,18,19). The highest BCUT2D eigenvalue weighted by atomic mass is 79.9. The molecule has 7 heteroatoms. The quantitative estimate of drug-likeness (QED) is 0.529. The van der Waals surface area contributed by atoms with Crippen molar-refractivity contribution in [3.05, 3.63) is 56.7 Å². The van der Waals surface area contributed by atoms with E-state index in [9.17, 15) is 9.59 Å². The van der Waals surface area contributed by atoms with E-state index in [1.54, 1.807) is 47.4 Å². The third-order valence-electron chi connectivity index (χ3n) is 2.82. The molecule has 0 fully saturated rings. The zero-order valence-electron chi connectivity index (χ0n) is 12.3. The van der Waals surface area contributed by atoms with Gasteiger partial charge in [-0.15, -0.1) is 11.3 Å². The Morgan fingerprint density at radius 2 is 2.04 bits per heavy atom. The average molecular weight is 414 g/mol. The molecule has 0 bridgehead atoms. The number of hydrogen-bond acceptors (Lipinski definition) is 5. The molecule has 122 valence electrons. The van der Waals surface area contributed by atoms with Crippen LogP contribution in [-0.2, 0) is 15.3 Å². The van der Waals surface area contributed by atoms with Crippen LogP contribution in [0.3, 0.4) is 0 Å². The Hall–Kier alpha value is -1.31. The van der Waals surface area contributed by atoms with Gasteiger partial charge in [0, 0.05) is 27.4 Å². The van der Waals surface area contributed by atoms with Crippen molar-refractivity contribution in [3.8, 4) is 0 Å². The Kier molecular flexibility index (Phi) is 7.64. The number of halogens is 1. The van der Waals surface area contributed by atoms with Crippen molar-refractivity contribution in [3.63, 3.8) is 0 Å². The Labute approximate surface area is 151 Å². The molecule has 1 heterocycles. The first kappa shape index (κ1) is 18.0. The molecule has 1 aromatic heterocycles. The van der Waals surface area contributed by atoms with E-state index in [4.69, 9.17) is 4.74 Å². The van der Waals surface area contributed by atoms with Crippen LogP contribution in [0.4, 0.5) is 0 Å². The monoisotopic (exact) mass is 413 g/mol. The number of carbonyl (C=O) groups is 2. The number of benzene rings is 1. The molecule has 0 unspecified atom stereocenters. The minimum Gasteiger partial charge on any atom is -0.452 e. The topological polar surface area (TPSA) is 55.4 Å². The highest BCUT2D eigenvalue weighted by Crippen LogP contribution is 2.17. The number of carbonyl (C=O) groups excluding carboxylic acids is 2. The third kappa shape index (κ3) is 6.37. The van der Waals surface area contributed by atoms with Gasteiger partial charge in [0.15, 0.2) is 6.61 Å². The minimum atomic E-state index is -0.514. The minimum absolute atomic E-state index is 0.268. The van der Waals surface area contributed by atoms with Crippen molar-refractivity contribution in [1.82, 2.24) is 5.32 Å². The van der Waals surface area contributed by atoms with Crippen molar-refractivity contribution in [1.29, 1.82) is 0 Å². The zero-order valence-corrected chi connectivity index (χ0v) is 15.5. The Morgan fingerprint density at radius 1 is 1.22 bits per heavy atom. The molecular formula is C16H16BrNO3S2. The number of esters is 1. The summed E-state index contributed by atoms with van der Waals surface area (Å²) in [6.45, 7) is 0.289. The van der Waals surface area contributed by atoms with Gasteiger partial charge in [0.1, 0.15) is 0 Å². The molecule has 0 saturated heterocycles. The summed E-state index contributed by atoms with van der Waals surface area (Å²) in [5.74, 6) is 0.966. The van der Waals surface area contributed by atoms with Crippen LogP contribution < -0.4 is 5.32 Å². The maximum Gasteiger partial charge on any atom is 0.339 e. The molecule has 1 aromatic carbocycles. The lowest BCUT2D eigenvalue weighted by atomic mass is 10.2. The van der Waals surface area contributed by atoms with E-state index < -0.39 is 5.97 Å². The van der Waals surface area contributed by atoms with Crippen molar-refractivity contribution in [2.45, 2.75) is 5.75 Å². The van der Waals surface area contributed by atoms with Crippen molar-refractivity contribution < 1.29 is 14.3 Å². The maximum absolute atomic E-state index is 11.8. The second-order valence-corrected chi connectivity index (χ2v) is 7.53.